The molecule has 0 aliphatic heterocycles. The zero-order valence-corrected chi connectivity index (χ0v) is 13.5. The lowest BCUT2D eigenvalue weighted by atomic mass is 9.96. The van der Waals surface area contributed by atoms with Crippen molar-refractivity contribution in [2.75, 3.05) is 0 Å². The van der Waals surface area contributed by atoms with Crippen LogP contribution in [-0.4, -0.2) is 11.9 Å². The van der Waals surface area contributed by atoms with E-state index in [0.717, 1.165) is 12.8 Å². The molecule has 0 spiro atoms. The number of nitrogens with one attached hydrogen (secondary N) is 2. The molecule has 23 heavy (non-hydrogen) atoms. The molecule has 0 aromatic heterocycles. The monoisotopic (exact) mass is 308 g/mol. The normalized spacial score (nSPS) is 13.1. The Bertz CT molecular complexity index is 610. The second-order valence-corrected chi connectivity index (χ2v) is 5.69. The van der Waals surface area contributed by atoms with Crippen molar-refractivity contribution in [2.45, 2.75) is 25.8 Å². The van der Waals surface area contributed by atoms with Crippen LogP contribution < -0.4 is 10.9 Å². The van der Waals surface area contributed by atoms with Gasteiger partial charge in [-0.2, -0.15) is 0 Å². The predicted molar refractivity (Wildman–Crippen MR) is 95.0 cm³/mol. The Morgan fingerprint density at radius 3 is 2.30 bits per heavy atom. The SMILES string of the molecule is C=CC(C)C(CCc1ccccc1)NNC(=O)c1ccccc1. The lowest BCUT2D eigenvalue weighted by Crippen LogP contribution is -2.47. The summed E-state index contributed by atoms with van der Waals surface area (Å²) in [5.41, 5.74) is 7.92. The van der Waals surface area contributed by atoms with Crippen LogP contribution in [-0.2, 0) is 6.42 Å². The number of aryl methyl sites for hydroxylation is 1. The van der Waals surface area contributed by atoms with Gasteiger partial charge in [0.1, 0.15) is 0 Å². The van der Waals surface area contributed by atoms with Crippen LogP contribution in [0.25, 0.3) is 0 Å². The first kappa shape index (κ1) is 17.0. The summed E-state index contributed by atoms with van der Waals surface area (Å²) in [5.74, 6) is 0.140. The molecule has 0 saturated carbocycles. The average molecular weight is 308 g/mol. The number of carbonyl (C=O) groups excluding carboxylic acids is 1. The molecule has 120 valence electrons. The van der Waals surface area contributed by atoms with Crippen molar-refractivity contribution < 1.29 is 4.79 Å². The van der Waals surface area contributed by atoms with Gasteiger partial charge in [0, 0.05) is 11.6 Å². The molecule has 2 rings (SSSR count). The number of hydrazine groups is 1. The highest BCUT2D eigenvalue weighted by atomic mass is 16.2. The minimum absolute atomic E-state index is 0.119. The Kier molecular flexibility index (Phi) is 6.57. The van der Waals surface area contributed by atoms with E-state index in [9.17, 15) is 4.79 Å². The van der Waals surface area contributed by atoms with Gasteiger partial charge < -0.3 is 0 Å². The minimum Gasteiger partial charge on any atom is -0.287 e. The van der Waals surface area contributed by atoms with Gasteiger partial charge in [-0.15, -0.1) is 6.58 Å². The summed E-state index contributed by atoms with van der Waals surface area (Å²) in [6.07, 6.45) is 3.79. The second kappa shape index (κ2) is 8.91. The van der Waals surface area contributed by atoms with Gasteiger partial charge in [0.2, 0.25) is 0 Å². The first-order chi connectivity index (χ1) is 11.2. The third-order valence-corrected chi connectivity index (χ3v) is 4.00. The molecule has 1 amide bonds. The van der Waals surface area contributed by atoms with E-state index in [4.69, 9.17) is 0 Å². The Hall–Kier alpha value is -2.39. The van der Waals surface area contributed by atoms with E-state index in [-0.39, 0.29) is 17.9 Å². The Morgan fingerprint density at radius 1 is 1.09 bits per heavy atom. The zero-order valence-electron chi connectivity index (χ0n) is 13.5. The Morgan fingerprint density at radius 2 is 1.70 bits per heavy atom. The maximum absolute atomic E-state index is 12.1. The van der Waals surface area contributed by atoms with Gasteiger partial charge in [0.15, 0.2) is 0 Å². The molecule has 3 heteroatoms. The highest BCUT2D eigenvalue weighted by Gasteiger charge is 2.15. The van der Waals surface area contributed by atoms with Gasteiger partial charge in [-0.25, -0.2) is 5.43 Å². The first-order valence-corrected chi connectivity index (χ1v) is 7.98. The lowest BCUT2D eigenvalue weighted by molar-refractivity contribution is 0.0919. The Balaban J connectivity index is 1.91. The molecule has 0 bridgehead atoms. The molecule has 2 aromatic carbocycles. The van der Waals surface area contributed by atoms with Crippen molar-refractivity contribution in [3.63, 3.8) is 0 Å². The molecular weight excluding hydrogens is 284 g/mol. The fourth-order valence-corrected chi connectivity index (χ4v) is 2.42. The molecule has 2 unspecified atom stereocenters. The van der Waals surface area contributed by atoms with E-state index in [2.05, 4.69) is 36.5 Å². The Labute approximate surface area is 138 Å². The average Bonchev–Trinajstić information content (AvgIpc) is 2.62. The number of carbonyl (C=O) groups is 1. The molecule has 0 aliphatic rings. The topological polar surface area (TPSA) is 41.1 Å². The van der Waals surface area contributed by atoms with Crippen molar-refractivity contribution in [3.8, 4) is 0 Å². The molecule has 0 saturated heterocycles. The first-order valence-electron chi connectivity index (χ1n) is 7.98. The maximum atomic E-state index is 12.1. The van der Waals surface area contributed by atoms with Crippen molar-refractivity contribution in [1.29, 1.82) is 0 Å². The van der Waals surface area contributed by atoms with Gasteiger partial charge in [-0.1, -0.05) is 61.5 Å². The molecule has 2 atom stereocenters. The largest absolute Gasteiger partial charge is 0.287 e. The smallest absolute Gasteiger partial charge is 0.265 e. The summed E-state index contributed by atoms with van der Waals surface area (Å²) >= 11 is 0. The van der Waals surface area contributed by atoms with E-state index in [0.29, 0.717) is 5.56 Å². The van der Waals surface area contributed by atoms with E-state index >= 15 is 0 Å². The summed E-state index contributed by atoms with van der Waals surface area (Å²) < 4.78 is 0. The van der Waals surface area contributed by atoms with Crippen LogP contribution in [0.4, 0.5) is 0 Å². The van der Waals surface area contributed by atoms with Crippen molar-refractivity contribution in [2.24, 2.45) is 5.92 Å². The fraction of sp³-hybridized carbons (Fsp3) is 0.250. The highest BCUT2D eigenvalue weighted by Crippen LogP contribution is 2.12. The highest BCUT2D eigenvalue weighted by molar-refractivity contribution is 5.93. The third kappa shape index (κ3) is 5.38. The molecule has 2 aromatic rings. The van der Waals surface area contributed by atoms with Crippen LogP contribution in [0, 0.1) is 5.92 Å². The molecule has 0 radical (unpaired) electrons. The third-order valence-electron chi connectivity index (χ3n) is 4.00. The van der Waals surface area contributed by atoms with E-state index in [1.165, 1.54) is 5.56 Å². The summed E-state index contributed by atoms with van der Waals surface area (Å²) in [5, 5.41) is 0. The summed E-state index contributed by atoms with van der Waals surface area (Å²) in [6.45, 7) is 5.97. The van der Waals surface area contributed by atoms with Crippen LogP contribution >= 0.6 is 0 Å². The molecule has 0 heterocycles. The van der Waals surface area contributed by atoms with Crippen LogP contribution in [0.1, 0.15) is 29.3 Å². The predicted octanol–water partition coefficient (Wildman–Crippen LogP) is 3.74. The summed E-state index contributed by atoms with van der Waals surface area (Å²) in [7, 11) is 0. The minimum atomic E-state index is -0.119. The van der Waals surface area contributed by atoms with Crippen molar-refractivity contribution in [1.82, 2.24) is 10.9 Å². The van der Waals surface area contributed by atoms with Gasteiger partial charge in [-0.05, 0) is 36.5 Å². The van der Waals surface area contributed by atoms with E-state index < -0.39 is 0 Å². The number of hydrogen-bond donors (Lipinski definition) is 2. The number of hydrogen-bond acceptors (Lipinski definition) is 2. The van der Waals surface area contributed by atoms with Gasteiger partial charge >= 0.3 is 0 Å². The number of amides is 1. The molecule has 0 fully saturated rings. The molecule has 0 aliphatic carbocycles. The fourth-order valence-electron chi connectivity index (χ4n) is 2.42. The molecule has 3 nitrogen and oxygen atoms in total. The van der Waals surface area contributed by atoms with Crippen molar-refractivity contribution >= 4 is 5.91 Å². The van der Waals surface area contributed by atoms with Gasteiger partial charge in [0.25, 0.3) is 5.91 Å². The van der Waals surface area contributed by atoms with Crippen LogP contribution in [0.15, 0.2) is 73.3 Å². The lowest BCUT2D eigenvalue weighted by Gasteiger charge is -2.23. The summed E-state index contributed by atoms with van der Waals surface area (Å²) in [6, 6.07) is 19.7. The van der Waals surface area contributed by atoms with Gasteiger partial charge in [-0.3, -0.25) is 10.2 Å². The van der Waals surface area contributed by atoms with E-state index in [1.807, 2.05) is 42.5 Å². The van der Waals surface area contributed by atoms with E-state index in [1.54, 1.807) is 12.1 Å². The molecular formula is C20H24N2O. The van der Waals surface area contributed by atoms with Crippen LogP contribution in [0.2, 0.25) is 0 Å². The van der Waals surface area contributed by atoms with Crippen LogP contribution in [0.3, 0.4) is 0 Å². The summed E-state index contributed by atoms with van der Waals surface area (Å²) in [4.78, 5) is 12.1. The number of rotatable bonds is 8. The maximum Gasteiger partial charge on any atom is 0.265 e. The zero-order chi connectivity index (χ0) is 16.5. The standard InChI is InChI=1S/C20H24N2O/c1-3-16(2)19(15-14-17-10-6-4-7-11-17)21-22-20(23)18-12-8-5-9-13-18/h3-13,16,19,21H,1,14-15H2,2H3,(H,22,23). The van der Waals surface area contributed by atoms with Crippen molar-refractivity contribution in [3.05, 3.63) is 84.4 Å². The van der Waals surface area contributed by atoms with Crippen LogP contribution in [0.5, 0.6) is 0 Å². The second-order valence-electron chi connectivity index (χ2n) is 5.69. The molecule has 2 N–H and O–H groups in total. The van der Waals surface area contributed by atoms with Gasteiger partial charge in [0.05, 0.1) is 0 Å². The number of benzene rings is 2. The quantitative estimate of drug-likeness (QED) is 0.576.